The predicted molar refractivity (Wildman–Crippen MR) is 36.4 cm³/mol. The maximum atomic E-state index is 3.83. The summed E-state index contributed by atoms with van der Waals surface area (Å²) >= 11 is 1.48. The van der Waals surface area contributed by atoms with Gasteiger partial charge in [0.25, 0.3) is 0 Å². The summed E-state index contributed by atoms with van der Waals surface area (Å²) in [6.07, 6.45) is 0.956. The normalized spacial score (nSPS) is 9.89. The molecule has 0 spiro atoms. The van der Waals surface area contributed by atoms with Crippen molar-refractivity contribution in [1.82, 2.24) is 15.5 Å². The Morgan fingerprint density at radius 2 is 2.67 bits per heavy atom. The molecule has 9 heavy (non-hydrogen) atoms. The van der Waals surface area contributed by atoms with Gasteiger partial charge in [0.05, 0.1) is 0 Å². The van der Waals surface area contributed by atoms with Crippen LogP contribution in [0.15, 0.2) is 0 Å². The molecule has 0 aliphatic heterocycles. The average molecular weight is 142 g/mol. The molecular weight excluding hydrogens is 134 g/mol. The minimum Gasteiger partial charge on any atom is -0.319 e. The summed E-state index contributed by atoms with van der Waals surface area (Å²) in [4.78, 5) is 0. The third kappa shape index (κ3) is 2.07. The highest BCUT2D eigenvalue weighted by atomic mass is 32.1. The van der Waals surface area contributed by atoms with E-state index in [2.05, 4.69) is 21.0 Å². The van der Waals surface area contributed by atoms with Crippen LogP contribution in [0.1, 0.15) is 5.01 Å². The van der Waals surface area contributed by atoms with Crippen LogP contribution in [0.2, 0.25) is 0 Å². The van der Waals surface area contributed by atoms with Gasteiger partial charge in [0.15, 0.2) is 5.51 Å². The summed E-state index contributed by atoms with van der Waals surface area (Å²) in [5.41, 5.74) is 2.69. The van der Waals surface area contributed by atoms with E-state index in [4.69, 9.17) is 0 Å². The lowest BCUT2D eigenvalue weighted by Gasteiger charge is -1.90. The zero-order valence-corrected chi connectivity index (χ0v) is 6.03. The highest BCUT2D eigenvalue weighted by molar-refractivity contribution is 7.08. The van der Waals surface area contributed by atoms with Crippen molar-refractivity contribution in [3.8, 4) is 0 Å². The van der Waals surface area contributed by atoms with Crippen LogP contribution in [0, 0.1) is 5.51 Å². The quantitative estimate of drug-likeness (QED) is 0.650. The van der Waals surface area contributed by atoms with Gasteiger partial charge in [0, 0.05) is 13.0 Å². The van der Waals surface area contributed by atoms with Gasteiger partial charge in [-0.2, -0.15) is 0 Å². The molecule has 4 heteroatoms. The largest absolute Gasteiger partial charge is 0.319 e. The van der Waals surface area contributed by atoms with Crippen molar-refractivity contribution in [2.24, 2.45) is 0 Å². The van der Waals surface area contributed by atoms with Crippen LogP contribution in [-0.2, 0) is 6.42 Å². The zero-order valence-electron chi connectivity index (χ0n) is 5.22. The molecule has 0 bridgehead atoms. The van der Waals surface area contributed by atoms with E-state index in [1.807, 2.05) is 7.05 Å². The number of nitrogens with zero attached hydrogens (tertiary/aromatic N) is 2. The first-order chi connectivity index (χ1) is 4.43. The molecule has 1 heterocycles. The standard InChI is InChI=1S/C5H8N3S/c1-6-3-2-5-8-7-4-9-5/h6H,2-3H2,1H3. The Morgan fingerprint density at radius 3 is 3.22 bits per heavy atom. The Kier molecular flexibility index (Phi) is 2.60. The average Bonchev–Trinajstić information content (AvgIpc) is 2.34. The first-order valence-corrected chi connectivity index (χ1v) is 3.58. The first kappa shape index (κ1) is 6.64. The molecule has 1 N–H and O–H groups in total. The van der Waals surface area contributed by atoms with Gasteiger partial charge in [-0.15, -0.1) is 10.2 Å². The highest BCUT2D eigenvalue weighted by Gasteiger charge is 1.93. The van der Waals surface area contributed by atoms with Crippen molar-refractivity contribution in [3.05, 3.63) is 10.5 Å². The van der Waals surface area contributed by atoms with E-state index in [0.29, 0.717) is 0 Å². The molecule has 0 fully saturated rings. The molecule has 0 amide bonds. The van der Waals surface area contributed by atoms with Gasteiger partial charge in [-0.1, -0.05) is 11.3 Å². The maximum Gasteiger partial charge on any atom is 0.178 e. The number of hydrogen-bond donors (Lipinski definition) is 1. The molecule has 1 rings (SSSR count). The van der Waals surface area contributed by atoms with E-state index < -0.39 is 0 Å². The van der Waals surface area contributed by atoms with Crippen molar-refractivity contribution in [1.29, 1.82) is 0 Å². The molecule has 0 saturated heterocycles. The molecule has 1 radical (unpaired) electrons. The molecule has 0 aliphatic carbocycles. The third-order valence-corrected chi connectivity index (χ3v) is 1.65. The van der Waals surface area contributed by atoms with Crippen molar-refractivity contribution < 1.29 is 0 Å². The van der Waals surface area contributed by atoms with Crippen LogP contribution in [0.4, 0.5) is 0 Å². The lowest BCUT2D eigenvalue weighted by molar-refractivity contribution is 0.779. The molecule has 1 aromatic rings. The molecule has 1 aromatic heterocycles. The van der Waals surface area contributed by atoms with Gasteiger partial charge in [0.1, 0.15) is 5.01 Å². The van der Waals surface area contributed by atoms with Gasteiger partial charge in [0.2, 0.25) is 0 Å². The minimum absolute atomic E-state index is 0.956. The molecule has 0 aromatic carbocycles. The number of aromatic nitrogens is 2. The fourth-order valence-corrected chi connectivity index (χ4v) is 0.975. The van der Waals surface area contributed by atoms with Gasteiger partial charge in [-0.3, -0.25) is 0 Å². The topological polar surface area (TPSA) is 37.8 Å². The number of nitrogens with one attached hydrogen (secondary N) is 1. The first-order valence-electron chi connectivity index (χ1n) is 2.76. The van der Waals surface area contributed by atoms with Gasteiger partial charge >= 0.3 is 0 Å². The zero-order chi connectivity index (χ0) is 6.53. The molecule has 0 saturated carbocycles. The SMILES string of the molecule is CNCCc1nn[c]s1. The second kappa shape index (κ2) is 3.53. The van der Waals surface area contributed by atoms with Crippen molar-refractivity contribution in [2.75, 3.05) is 13.6 Å². The van der Waals surface area contributed by atoms with Crippen LogP contribution in [0.3, 0.4) is 0 Å². The highest BCUT2D eigenvalue weighted by Crippen LogP contribution is 1.99. The third-order valence-electron chi connectivity index (χ3n) is 0.955. The molecule has 0 aliphatic rings. The van der Waals surface area contributed by atoms with Gasteiger partial charge in [-0.05, 0) is 7.05 Å². The van der Waals surface area contributed by atoms with E-state index in [0.717, 1.165) is 18.0 Å². The Morgan fingerprint density at radius 1 is 1.78 bits per heavy atom. The van der Waals surface area contributed by atoms with E-state index in [-0.39, 0.29) is 0 Å². The van der Waals surface area contributed by atoms with E-state index >= 15 is 0 Å². The lowest BCUT2D eigenvalue weighted by Crippen LogP contribution is -2.09. The van der Waals surface area contributed by atoms with E-state index in [1.54, 1.807) is 0 Å². The van der Waals surface area contributed by atoms with Crippen molar-refractivity contribution in [2.45, 2.75) is 6.42 Å². The summed E-state index contributed by atoms with van der Waals surface area (Å²) in [6, 6.07) is 0. The van der Waals surface area contributed by atoms with Crippen molar-refractivity contribution >= 4 is 11.3 Å². The van der Waals surface area contributed by atoms with Crippen molar-refractivity contribution in [3.63, 3.8) is 0 Å². The predicted octanol–water partition coefficient (Wildman–Crippen LogP) is 0.100. The molecule has 0 unspecified atom stereocenters. The Bertz CT molecular complexity index is 149. The van der Waals surface area contributed by atoms with E-state index in [1.165, 1.54) is 11.3 Å². The summed E-state index contributed by atoms with van der Waals surface area (Å²) < 4.78 is 0. The molecule has 49 valence electrons. The fourth-order valence-electron chi connectivity index (χ4n) is 0.503. The second-order valence-electron chi connectivity index (χ2n) is 1.64. The maximum absolute atomic E-state index is 3.83. The molecule has 0 atom stereocenters. The van der Waals surface area contributed by atoms with Crippen LogP contribution in [0.25, 0.3) is 0 Å². The molecule has 3 nitrogen and oxygen atoms in total. The monoisotopic (exact) mass is 142 g/mol. The van der Waals surface area contributed by atoms with Crippen LogP contribution >= 0.6 is 11.3 Å². The summed E-state index contributed by atoms with van der Waals surface area (Å²) in [7, 11) is 1.92. The summed E-state index contributed by atoms with van der Waals surface area (Å²) in [5, 5.41) is 11.5. The van der Waals surface area contributed by atoms with Crippen LogP contribution < -0.4 is 5.32 Å². The van der Waals surface area contributed by atoms with Crippen LogP contribution in [-0.4, -0.2) is 23.8 Å². The summed E-state index contributed by atoms with van der Waals surface area (Å²) in [5.74, 6) is 0. The lowest BCUT2D eigenvalue weighted by atomic mass is 10.4. The van der Waals surface area contributed by atoms with Crippen LogP contribution in [0.5, 0.6) is 0 Å². The number of likely N-dealkylation sites (N-methyl/N-ethyl adjacent to an activating group) is 1. The minimum atomic E-state index is 0.956. The Balaban J connectivity index is 2.30. The second-order valence-corrected chi connectivity index (χ2v) is 2.50. The van der Waals surface area contributed by atoms with Gasteiger partial charge in [-0.25, -0.2) is 0 Å². The summed E-state index contributed by atoms with van der Waals surface area (Å²) in [6.45, 7) is 0.961. The number of rotatable bonds is 3. The molecular formula is C5H8N3S. The van der Waals surface area contributed by atoms with E-state index in [9.17, 15) is 0 Å². The smallest absolute Gasteiger partial charge is 0.178 e. The Hall–Kier alpha value is -0.480. The number of hydrogen-bond acceptors (Lipinski definition) is 4. The Labute approximate surface area is 58.1 Å². The van der Waals surface area contributed by atoms with Gasteiger partial charge < -0.3 is 5.32 Å². The fraction of sp³-hybridized carbons (Fsp3) is 0.600.